The number of anilines is 1. The summed E-state index contributed by atoms with van der Waals surface area (Å²) in [5, 5.41) is 6.16. The Morgan fingerprint density at radius 3 is 2.62 bits per heavy atom. The molecular weight excluding hydrogens is 396 g/mol. The minimum Gasteiger partial charge on any atom is -0.275 e. The zero-order chi connectivity index (χ0) is 18.7. The maximum atomic E-state index is 12.8. The molecule has 0 aliphatic rings. The van der Waals surface area contributed by atoms with Crippen molar-refractivity contribution in [3.05, 3.63) is 69.1 Å². The summed E-state index contributed by atoms with van der Waals surface area (Å²) >= 11 is 7.55. The third kappa shape index (κ3) is 4.29. The number of nitrogens with one attached hydrogen (secondary N) is 3. The van der Waals surface area contributed by atoms with Crippen LogP contribution in [0, 0.1) is 6.92 Å². The fourth-order valence-electron chi connectivity index (χ4n) is 2.20. The molecule has 0 fully saturated rings. The van der Waals surface area contributed by atoms with Gasteiger partial charge in [0.25, 0.3) is 10.0 Å². The fraction of sp³-hybridized carbons (Fsp3) is 0.125. The van der Waals surface area contributed by atoms with Crippen LogP contribution in [-0.2, 0) is 15.8 Å². The molecule has 3 N–H and O–H groups in total. The largest absolute Gasteiger partial charge is 0.342 e. The minimum atomic E-state index is -3.96. The Hall–Kier alpha value is -2.23. The van der Waals surface area contributed by atoms with Crippen LogP contribution in [0.2, 0.25) is 5.02 Å². The fourth-order valence-corrected chi connectivity index (χ4v) is 4.96. The Balaban J connectivity index is 1.94. The van der Waals surface area contributed by atoms with Crippen LogP contribution < -0.4 is 10.4 Å². The second kappa shape index (κ2) is 7.56. The van der Waals surface area contributed by atoms with Gasteiger partial charge in [-0.05, 0) is 30.2 Å². The molecule has 3 rings (SSSR count). The maximum absolute atomic E-state index is 12.8. The summed E-state index contributed by atoms with van der Waals surface area (Å²) in [6, 6.07) is 12.8. The quantitative estimate of drug-likeness (QED) is 0.541. The Labute approximate surface area is 159 Å². The molecule has 0 radical (unpaired) electrons. The number of benzene rings is 2. The van der Waals surface area contributed by atoms with Gasteiger partial charge in [0.05, 0.1) is 0 Å². The third-order valence-corrected chi connectivity index (χ3v) is 6.53. The van der Waals surface area contributed by atoms with Crippen molar-refractivity contribution in [3.63, 3.8) is 0 Å². The lowest BCUT2D eigenvalue weighted by Gasteiger charge is -2.13. The molecule has 0 saturated heterocycles. The lowest BCUT2D eigenvalue weighted by molar-refractivity contribution is 0.598. The summed E-state index contributed by atoms with van der Waals surface area (Å²) in [4.78, 5) is 13.9. The van der Waals surface area contributed by atoms with Crippen LogP contribution in [0.4, 0.5) is 5.95 Å². The predicted octanol–water partition coefficient (Wildman–Crippen LogP) is 3.15. The monoisotopic (exact) mass is 410 g/mol. The highest BCUT2D eigenvalue weighted by Gasteiger charge is 2.22. The van der Waals surface area contributed by atoms with E-state index in [-0.39, 0.29) is 10.8 Å². The highest BCUT2D eigenvalue weighted by atomic mass is 35.5. The van der Waals surface area contributed by atoms with Crippen molar-refractivity contribution in [3.8, 4) is 0 Å². The van der Waals surface area contributed by atoms with Gasteiger partial charge in [-0.15, -0.1) is 16.9 Å². The molecule has 3 aromatic rings. The Morgan fingerprint density at radius 2 is 1.96 bits per heavy atom. The third-order valence-electron chi connectivity index (χ3n) is 3.48. The molecule has 7 nitrogen and oxygen atoms in total. The molecule has 0 unspecified atom stereocenters. The smallest absolute Gasteiger partial charge is 0.275 e. The standard InChI is InChI=1S/C16H15ClN4O3S2/c1-10-7-14(26(23,24)21-15-18-16(22)20-19-15)13(8-12(10)17)25-9-11-5-3-2-4-6-11/h2-8H,9H2,1H3,(H3,18,19,20,21,22). The average Bonchev–Trinajstić information content (AvgIpc) is 3.00. The molecule has 0 spiro atoms. The number of aromatic amines is 2. The summed E-state index contributed by atoms with van der Waals surface area (Å²) in [7, 11) is -3.96. The van der Waals surface area contributed by atoms with Crippen LogP contribution in [-0.4, -0.2) is 23.6 Å². The first-order valence-corrected chi connectivity index (χ1v) is 10.3. The molecule has 0 atom stereocenters. The molecule has 136 valence electrons. The van der Waals surface area contributed by atoms with E-state index >= 15 is 0 Å². The number of hydrogen-bond donors (Lipinski definition) is 3. The zero-order valence-electron chi connectivity index (χ0n) is 13.6. The molecule has 0 aliphatic heterocycles. The predicted molar refractivity (Wildman–Crippen MR) is 102 cm³/mol. The second-order valence-corrected chi connectivity index (χ2v) is 8.53. The van der Waals surface area contributed by atoms with Gasteiger partial charge in [0.2, 0.25) is 5.95 Å². The Bertz CT molecular complexity index is 1080. The number of rotatable bonds is 6. The molecule has 10 heteroatoms. The van der Waals surface area contributed by atoms with Crippen molar-refractivity contribution < 1.29 is 8.42 Å². The van der Waals surface area contributed by atoms with Gasteiger partial charge >= 0.3 is 5.69 Å². The second-order valence-electron chi connectivity index (χ2n) is 5.45. The highest BCUT2D eigenvalue weighted by Crippen LogP contribution is 2.34. The number of nitrogens with zero attached hydrogens (tertiary/aromatic N) is 1. The lowest BCUT2D eigenvalue weighted by atomic mass is 10.2. The van der Waals surface area contributed by atoms with Gasteiger partial charge in [0.1, 0.15) is 4.90 Å². The molecule has 0 bridgehead atoms. The van der Waals surface area contributed by atoms with Crippen LogP contribution in [0.15, 0.2) is 57.1 Å². The van der Waals surface area contributed by atoms with E-state index < -0.39 is 15.7 Å². The van der Waals surface area contributed by atoms with E-state index in [4.69, 9.17) is 11.6 Å². The van der Waals surface area contributed by atoms with Crippen LogP contribution in [0.3, 0.4) is 0 Å². The average molecular weight is 411 g/mol. The topological polar surface area (TPSA) is 108 Å². The van der Waals surface area contributed by atoms with E-state index in [2.05, 4.69) is 19.9 Å². The number of H-pyrrole nitrogens is 2. The van der Waals surface area contributed by atoms with Crippen molar-refractivity contribution in [2.45, 2.75) is 22.5 Å². The van der Waals surface area contributed by atoms with Gasteiger partial charge in [-0.1, -0.05) is 41.9 Å². The van der Waals surface area contributed by atoms with Crippen molar-refractivity contribution in [2.75, 3.05) is 4.72 Å². The Kier molecular flexibility index (Phi) is 5.40. The highest BCUT2D eigenvalue weighted by molar-refractivity contribution is 7.99. The number of halogens is 1. The van der Waals surface area contributed by atoms with Crippen LogP contribution >= 0.6 is 23.4 Å². The molecule has 0 amide bonds. The van der Waals surface area contributed by atoms with Gasteiger partial charge < -0.3 is 0 Å². The van der Waals surface area contributed by atoms with Gasteiger partial charge in [-0.3, -0.25) is 4.98 Å². The zero-order valence-corrected chi connectivity index (χ0v) is 16.0. The van der Waals surface area contributed by atoms with Gasteiger partial charge in [-0.2, -0.15) is 0 Å². The van der Waals surface area contributed by atoms with Crippen molar-refractivity contribution >= 4 is 39.3 Å². The molecular formula is C16H15ClN4O3S2. The van der Waals surface area contributed by atoms with Crippen LogP contribution in [0.1, 0.15) is 11.1 Å². The number of sulfonamides is 1. The van der Waals surface area contributed by atoms with Crippen LogP contribution in [0.5, 0.6) is 0 Å². The van der Waals surface area contributed by atoms with Crippen LogP contribution in [0.25, 0.3) is 0 Å². The van der Waals surface area contributed by atoms with E-state index in [1.54, 1.807) is 13.0 Å². The summed E-state index contributed by atoms with van der Waals surface area (Å²) in [5.74, 6) is 0.406. The van der Waals surface area contributed by atoms with E-state index in [9.17, 15) is 13.2 Å². The summed E-state index contributed by atoms with van der Waals surface area (Å²) < 4.78 is 27.8. The summed E-state index contributed by atoms with van der Waals surface area (Å²) in [6.45, 7) is 1.73. The summed E-state index contributed by atoms with van der Waals surface area (Å²) in [6.07, 6.45) is 0. The van der Waals surface area contributed by atoms with Crippen molar-refractivity contribution in [1.82, 2.24) is 15.2 Å². The van der Waals surface area contributed by atoms with Crippen molar-refractivity contribution in [2.24, 2.45) is 0 Å². The molecule has 1 heterocycles. The first-order chi connectivity index (χ1) is 12.3. The molecule has 1 aromatic heterocycles. The van der Waals surface area contributed by atoms with Gasteiger partial charge in [-0.25, -0.2) is 23.0 Å². The molecule has 0 saturated carbocycles. The van der Waals surface area contributed by atoms with Gasteiger partial charge in [0.15, 0.2) is 0 Å². The lowest BCUT2D eigenvalue weighted by Crippen LogP contribution is -2.16. The molecule has 26 heavy (non-hydrogen) atoms. The molecule has 0 aliphatic carbocycles. The number of aromatic nitrogens is 3. The number of thioether (sulfide) groups is 1. The minimum absolute atomic E-state index is 0.0733. The maximum Gasteiger partial charge on any atom is 0.342 e. The van der Waals surface area contributed by atoms with Crippen molar-refractivity contribution in [1.29, 1.82) is 0 Å². The van der Waals surface area contributed by atoms with E-state index in [0.717, 1.165) is 5.56 Å². The normalized spacial score (nSPS) is 11.5. The van der Waals surface area contributed by atoms with E-state index in [1.165, 1.54) is 17.8 Å². The first-order valence-electron chi connectivity index (χ1n) is 7.49. The Morgan fingerprint density at radius 1 is 1.23 bits per heavy atom. The van der Waals surface area contributed by atoms with E-state index in [1.807, 2.05) is 30.3 Å². The SMILES string of the molecule is Cc1cc(S(=O)(=O)Nc2n[nH]c(=O)[nH]2)c(SCc2ccccc2)cc1Cl. The van der Waals surface area contributed by atoms with E-state index in [0.29, 0.717) is 21.2 Å². The number of aryl methyl sites for hydroxylation is 1. The number of hydrogen-bond acceptors (Lipinski definition) is 5. The molecule has 2 aromatic carbocycles. The first kappa shape index (κ1) is 18.6. The summed E-state index contributed by atoms with van der Waals surface area (Å²) in [5.41, 5.74) is 1.09. The van der Waals surface area contributed by atoms with Gasteiger partial charge in [0, 0.05) is 15.7 Å².